The first kappa shape index (κ1) is 32.4. The summed E-state index contributed by atoms with van der Waals surface area (Å²) in [5.74, 6) is 0. The van der Waals surface area contributed by atoms with Crippen LogP contribution in [0.5, 0.6) is 0 Å². The van der Waals surface area contributed by atoms with Gasteiger partial charge in [0.15, 0.2) is 0 Å². The maximum Gasteiger partial charge on any atom is 4.00 e. The molecule has 0 amide bonds. The van der Waals surface area contributed by atoms with Gasteiger partial charge in [-0.3, -0.25) is 26.9 Å². The van der Waals surface area contributed by atoms with E-state index in [-0.39, 0.29) is 17.1 Å². The molecule has 0 aromatic carbocycles. The van der Waals surface area contributed by atoms with Crippen LogP contribution in [0.3, 0.4) is 0 Å². The summed E-state index contributed by atoms with van der Waals surface area (Å²) in [6.45, 7) is 17.8. The fourth-order valence-corrected chi connectivity index (χ4v) is 0. The fourth-order valence-electron chi connectivity index (χ4n) is 0. The van der Waals surface area contributed by atoms with Crippen LogP contribution in [0.15, 0.2) is 18.7 Å². The van der Waals surface area contributed by atoms with Crippen LogP contribution in [0.25, 0.3) is 0 Å². The molecule has 0 fully saturated rings. The van der Waals surface area contributed by atoms with Gasteiger partial charge in [-0.1, -0.05) is 0 Å². The fraction of sp³-hybridized carbons (Fsp3) is 0. The van der Waals surface area contributed by atoms with E-state index in [0.29, 0.717) is 0 Å². The summed E-state index contributed by atoms with van der Waals surface area (Å²) < 4.78 is 0. The van der Waals surface area contributed by atoms with Crippen molar-refractivity contribution >= 4 is 20.4 Å². The van der Waals surface area contributed by atoms with Gasteiger partial charge in [0.05, 0.1) is 0 Å². The number of allylic oxidation sites excluding steroid dienone is 2. The Morgan fingerprint density at radius 1 is 0.909 bits per heavy atom. The molecule has 0 unspecified atom stereocenters. The molecule has 0 heterocycles. The molecular weight excluding hydrogens is 188 g/mol. The molecule has 3 nitrogen and oxygen atoms in total. The quantitative estimate of drug-likeness (QED) is 0.263. The Hall–Kier alpha value is -0.991. The maximum atomic E-state index is 7.75. The molecule has 0 saturated heterocycles. The Labute approximate surface area is 77.6 Å². The molecule has 0 bridgehead atoms. The van der Waals surface area contributed by atoms with E-state index < -0.39 is 0 Å². The van der Waals surface area contributed by atoms with Crippen molar-refractivity contribution in [2.45, 2.75) is 0 Å². The minimum atomic E-state index is 0. The second-order valence-electron chi connectivity index (χ2n) is 0.428. The van der Waals surface area contributed by atoms with Crippen LogP contribution in [-0.2, 0) is 31.5 Å². The van der Waals surface area contributed by atoms with Crippen molar-refractivity contribution in [1.82, 2.24) is 0 Å². The van der Waals surface area contributed by atoms with Crippen LogP contribution in [0, 0.1) is 6.58 Å². The smallest absolute Gasteiger partial charge is 0.545 e. The second kappa shape index (κ2) is 567. The SMILES string of the molecule is [CH-]=CC=C.[CH-]=O.[CH-]=O.[CH-]=O.[Fe+4]. The first-order valence-corrected chi connectivity index (χ1v) is 1.78. The van der Waals surface area contributed by atoms with Crippen molar-refractivity contribution < 1.29 is 31.5 Å². The molecule has 0 aromatic heterocycles. The molecule has 0 aromatic rings. The Morgan fingerprint density at radius 2 is 1.00 bits per heavy atom. The van der Waals surface area contributed by atoms with Crippen LogP contribution >= 0.6 is 0 Å². The van der Waals surface area contributed by atoms with Gasteiger partial charge in [-0.25, -0.2) is 12.2 Å². The average molecular weight is 196 g/mol. The van der Waals surface area contributed by atoms with Crippen molar-refractivity contribution in [3.63, 3.8) is 0 Å². The van der Waals surface area contributed by atoms with Gasteiger partial charge in [0.25, 0.3) is 0 Å². The second-order valence-corrected chi connectivity index (χ2v) is 0.428. The van der Waals surface area contributed by atoms with Gasteiger partial charge in [0, 0.05) is 0 Å². The van der Waals surface area contributed by atoms with E-state index in [1.165, 1.54) is 12.2 Å². The monoisotopic (exact) mass is 196 g/mol. The van der Waals surface area contributed by atoms with Crippen LogP contribution in [-0.4, -0.2) is 20.4 Å². The first-order chi connectivity index (χ1) is 4.91. The Bertz CT molecular complexity index is 56.0. The van der Waals surface area contributed by atoms with Crippen molar-refractivity contribution in [2.24, 2.45) is 0 Å². The van der Waals surface area contributed by atoms with Gasteiger partial charge in [-0.05, 0) is 0 Å². The maximum absolute atomic E-state index is 7.75. The van der Waals surface area contributed by atoms with E-state index in [4.69, 9.17) is 21.0 Å². The van der Waals surface area contributed by atoms with Gasteiger partial charge in [-0.15, -0.1) is 0 Å². The minimum Gasteiger partial charge on any atom is -0.545 e. The molecule has 0 atom stereocenters. The van der Waals surface area contributed by atoms with E-state index in [1.807, 2.05) is 0 Å². The Morgan fingerprint density at radius 3 is 1.00 bits per heavy atom. The normalized spacial score (nSPS) is 2.91. The summed E-state index contributed by atoms with van der Waals surface area (Å²) in [6, 6.07) is 0. The van der Waals surface area contributed by atoms with Crippen LogP contribution < -0.4 is 0 Å². The molecule has 0 radical (unpaired) electrons. The molecule has 0 N–H and O–H groups in total. The van der Waals surface area contributed by atoms with Crippen molar-refractivity contribution in [1.29, 1.82) is 0 Å². The average Bonchev–Trinajstić information content (AvgIpc) is 2.14. The van der Waals surface area contributed by atoms with Crippen molar-refractivity contribution in [3.05, 3.63) is 25.3 Å². The zero-order chi connectivity index (χ0) is 9.41. The predicted octanol–water partition coefficient (Wildman–Crippen LogP) is 0.337. The standard InChI is InChI=1S/C4H5.3CHO.Fe/c1-3-4-2;3*1-2;/h1,3-4H,2H2;3*1H;/q4*-1;+4. The van der Waals surface area contributed by atoms with Crippen LogP contribution in [0.2, 0.25) is 0 Å². The molecule has 0 aliphatic heterocycles. The van der Waals surface area contributed by atoms with E-state index in [0.717, 1.165) is 0 Å². The molecule has 0 aliphatic carbocycles. The number of hydrogen-bond donors (Lipinski definition) is 0. The van der Waals surface area contributed by atoms with Gasteiger partial charge in [0.2, 0.25) is 0 Å². The molecule has 4 heteroatoms. The van der Waals surface area contributed by atoms with Crippen LogP contribution in [0.1, 0.15) is 0 Å². The van der Waals surface area contributed by atoms with Crippen LogP contribution in [0.4, 0.5) is 0 Å². The van der Waals surface area contributed by atoms with Gasteiger partial charge >= 0.3 is 17.1 Å². The molecule has 0 aliphatic rings. The van der Waals surface area contributed by atoms with Crippen molar-refractivity contribution in [3.8, 4) is 0 Å². The summed E-state index contributed by atoms with van der Waals surface area (Å²) >= 11 is 0. The number of carbonyl (C=O) groups excluding carboxylic acids is 3. The first-order valence-electron chi connectivity index (χ1n) is 1.78. The van der Waals surface area contributed by atoms with Crippen molar-refractivity contribution in [2.75, 3.05) is 0 Å². The summed E-state index contributed by atoms with van der Waals surface area (Å²) in [6.07, 6.45) is 2.92. The number of hydrogen-bond acceptors (Lipinski definition) is 3. The third-order valence-corrected chi connectivity index (χ3v) is 0.136. The number of rotatable bonds is 1. The Balaban J connectivity index is -0.0000000152. The zero-order valence-corrected chi connectivity index (χ0v) is 6.85. The predicted molar refractivity (Wildman–Crippen MR) is 39.3 cm³/mol. The molecular formula is C7H8FeO3. The topological polar surface area (TPSA) is 51.2 Å². The third kappa shape index (κ3) is 4930000. The molecule has 0 rings (SSSR count). The Kier molecular flexibility index (Phi) is 1670. The van der Waals surface area contributed by atoms with Gasteiger partial charge in [-0.2, -0.15) is 6.58 Å². The van der Waals surface area contributed by atoms with Gasteiger partial charge in [0.1, 0.15) is 0 Å². The summed E-state index contributed by atoms with van der Waals surface area (Å²) in [5.41, 5.74) is 0. The molecule has 62 valence electrons. The molecule has 11 heavy (non-hydrogen) atoms. The van der Waals surface area contributed by atoms with E-state index in [1.54, 1.807) is 0 Å². The molecule has 0 saturated carbocycles. The third-order valence-electron chi connectivity index (χ3n) is 0.136. The molecule has 0 spiro atoms. The van der Waals surface area contributed by atoms with E-state index in [2.05, 4.69) is 26.9 Å². The zero-order valence-electron chi connectivity index (χ0n) is 5.75. The summed E-state index contributed by atoms with van der Waals surface area (Å²) in [7, 11) is 0. The largest absolute Gasteiger partial charge is 4.00 e. The van der Waals surface area contributed by atoms with E-state index in [9.17, 15) is 0 Å². The summed E-state index contributed by atoms with van der Waals surface area (Å²) in [4.78, 5) is 23.2. The minimum absolute atomic E-state index is 0. The summed E-state index contributed by atoms with van der Waals surface area (Å²) in [5, 5.41) is 0. The van der Waals surface area contributed by atoms with E-state index >= 15 is 0 Å². The van der Waals surface area contributed by atoms with Gasteiger partial charge < -0.3 is 14.4 Å².